The summed E-state index contributed by atoms with van der Waals surface area (Å²) in [5, 5.41) is 3.82. The van der Waals surface area contributed by atoms with Crippen molar-refractivity contribution in [1.82, 2.24) is 5.32 Å². The zero-order chi connectivity index (χ0) is 12.0. The van der Waals surface area contributed by atoms with E-state index in [0.717, 1.165) is 12.5 Å². The molecule has 0 radical (unpaired) electrons. The van der Waals surface area contributed by atoms with Gasteiger partial charge in [0.15, 0.2) is 0 Å². The summed E-state index contributed by atoms with van der Waals surface area (Å²) in [5.41, 5.74) is 0. The van der Waals surface area contributed by atoms with Gasteiger partial charge in [-0.05, 0) is 24.7 Å². The van der Waals surface area contributed by atoms with Crippen LogP contribution in [0.4, 0.5) is 0 Å². The smallest absolute Gasteiger partial charge is 0.0618 e. The summed E-state index contributed by atoms with van der Waals surface area (Å²) in [4.78, 5) is 0. The number of hydrogen-bond acceptors (Lipinski definition) is 2. The van der Waals surface area contributed by atoms with E-state index >= 15 is 0 Å². The first-order chi connectivity index (χ1) is 7.65. The summed E-state index contributed by atoms with van der Waals surface area (Å²) < 4.78 is 5.31. The van der Waals surface area contributed by atoms with Crippen LogP contribution in [0.1, 0.15) is 52.9 Å². The maximum Gasteiger partial charge on any atom is 0.0618 e. The Morgan fingerprint density at radius 1 is 1.19 bits per heavy atom. The molecule has 1 aliphatic carbocycles. The topological polar surface area (TPSA) is 21.3 Å². The highest BCUT2D eigenvalue weighted by atomic mass is 16.5. The van der Waals surface area contributed by atoms with Crippen LogP contribution < -0.4 is 5.32 Å². The Bertz CT molecular complexity index is 182. The molecule has 0 heterocycles. The minimum atomic E-state index is 0.510. The van der Waals surface area contributed by atoms with E-state index in [4.69, 9.17) is 4.74 Å². The number of rotatable bonds is 5. The van der Waals surface area contributed by atoms with Crippen LogP contribution in [0, 0.1) is 11.8 Å². The van der Waals surface area contributed by atoms with Crippen LogP contribution in [0.5, 0.6) is 0 Å². The molecule has 1 saturated carbocycles. The van der Waals surface area contributed by atoms with E-state index in [1.807, 2.05) is 0 Å². The Morgan fingerprint density at radius 2 is 1.88 bits per heavy atom. The number of methoxy groups -OCH3 is 1. The minimum absolute atomic E-state index is 0.510. The second-order valence-electron chi connectivity index (χ2n) is 5.69. The van der Waals surface area contributed by atoms with Crippen molar-refractivity contribution in [1.29, 1.82) is 0 Å². The van der Waals surface area contributed by atoms with Gasteiger partial charge in [-0.25, -0.2) is 0 Å². The highest BCUT2D eigenvalue weighted by Crippen LogP contribution is 2.24. The van der Waals surface area contributed by atoms with Gasteiger partial charge in [-0.3, -0.25) is 0 Å². The van der Waals surface area contributed by atoms with E-state index in [2.05, 4.69) is 26.1 Å². The molecule has 1 N–H and O–H groups in total. The molecule has 0 aromatic rings. The van der Waals surface area contributed by atoms with Crippen molar-refractivity contribution in [3.63, 3.8) is 0 Å². The molecule has 0 aliphatic heterocycles. The first kappa shape index (κ1) is 14.0. The molecule has 0 bridgehead atoms. The predicted octanol–water partition coefficient (Wildman–Crippen LogP) is 3.22. The highest BCUT2D eigenvalue weighted by molar-refractivity contribution is 4.82. The third kappa shape index (κ3) is 4.42. The minimum Gasteiger partial charge on any atom is -0.383 e. The van der Waals surface area contributed by atoms with Gasteiger partial charge in [0, 0.05) is 19.2 Å². The van der Waals surface area contributed by atoms with Crippen LogP contribution in [-0.4, -0.2) is 25.8 Å². The van der Waals surface area contributed by atoms with Crippen molar-refractivity contribution in [3.05, 3.63) is 0 Å². The van der Waals surface area contributed by atoms with Gasteiger partial charge in [-0.2, -0.15) is 0 Å². The number of nitrogens with one attached hydrogen (secondary N) is 1. The molecule has 0 aromatic heterocycles. The molecule has 2 nitrogen and oxygen atoms in total. The molecular weight excluding hydrogens is 198 g/mol. The molecule has 3 unspecified atom stereocenters. The summed E-state index contributed by atoms with van der Waals surface area (Å²) in [5.74, 6) is 1.47. The SMILES string of the molecule is COCC(NC1CCCCCC1C)C(C)C. The van der Waals surface area contributed by atoms with E-state index in [1.54, 1.807) is 7.11 Å². The molecule has 3 atom stereocenters. The van der Waals surface area contributed by atoms with E-state index in [-0.39, 0.29) is 0 Å². The van der Waals surface area contributed by atoms with Crippen molar-refractivity contribution in [2.24, 2.45) is 11.8 Å². The normalized spacial score (nSPS) is 29.1. The lowest BCUT2D eigenvalue weighted by atomic mass is 9.94. The van der Waals surface area contributed by atoms with E-state index in [1.165, 1.54) is 32.1 Å². The predicted molar refractivity (Wildman–Crippen MR) is 69.7 cm³/mol. The molecule has 1 rings (SSSR count). The lowest BCUT2D eigenvalue weighted by molar-refractivity contribution is 0.132. The molecule has 0 aromatic carbocycles. The Balaban J connectivity index is 2.47. The molecule has 2 heteroatoms. The zero-order valence-electron chi connectivity index (χ0n) is 11.5. The van der Waals surface area contributed by atoms with Crippen molar-refractivity contribution in [2.75, 3.05) is 13.7 Å². The van der Waals surface area contributed by atoms with Crippen LogP contribution >= 0.6 is 0 Å². The fraction of sp³-hybridized carbons (Fsp3) is 1.00. The van der Waals surface area contributed by atoms with Crippen molar-refractivity contribution in [2.45, 2.75) is 65.0 Å². The number of hydrogen-bond donors (Lipinski definition) is 1. The van der Waals surface area contributed by atoms with Crippen LogP contribution in [-0.2, 0) is 4.74 Å². The van der Waals surface area contributed by atoms with E-state index < -0.39 is 0 Å². The molecular formula is C14H29NO. The van der Waals surface area contributed by atoms with Crippen LogP contribution in [0.15, 0.2) is 0 Å². The Hall–Kier alpha value is -0.0800. The molecule has 96 valence electrons. The summed E-state index contributed by atoms with van der Waals surface area (Å²) >= 11 is 0. The second-order valence-corrected chi connectivity index (χ2v) is 5.69. The quantitative estimate of drug-likeness (QED) is 0.728. The maximum absolute atomic E-state index is 5.31. The molecule has 16 heavy (non-hydrogen) atoms. The van der Waals surface area contributed by atoms with Crippen molar-refractivity contribution in [3.8, 4) is 0 Å². The van der Waals surface area contributed by atoms with Gasteiger partial charge in [0.25, 0.3) is 0 Å². The molecule has 0 saturated heterocycles. The fourth-order valence-corrected chi connectivity index (χ4v) is 2.63. The third-order valence-electron chi connectivity index (χ3n) is 3.94. The summed E-state index contributed by atoms with van der Waals surface area (Å²) in [6.45, 7) is 7.78. The Labute approximate surface area is 101 Å². The average molecular weight is 227 g/mol. The largest absolute Gasteiger partial charge is 0.383 e. The Morgan fingerprint density at radius 3 is 2.50 bits per heavy atom. The second kappa shape index (κ2) is 7.29. The van der Waals surface area contributed by atoms with E-state index in [0.29, 0.717) is 18.0 Å². The van der Waals surface area contributed by atoms with Crippen LogP contribution in [0.2, 0.25) is 0 Å². The summed E-state index contributed by atoms with van der Waals surface area (Å²) in [6.07, 6.45) is 6.94. The van der Waals surface area contributed by atoms with Gasteiger partial charge >= 0.3 is 0 Å². The van der Waals surface area contributed by atoms with Gasteiger partial charge in [0.1, 0.15) is 0 Å². The molecule has 1 aliphatic rings. The molecule has 1 fully saturated rings. The first-order valence-electron chi connectivity index (χ1n) is 6.90. The lowest BCUT2D eigenvalue weighted by Crippen LogP contribution is -2.46. The van der Waals surface area contributed by atoms with Crippen molar-refractivity contribution < 1.29 is 4.74 Å². The molecule has 0 amide bonds. The summed E-state index contributed by atoms with van der Waals surface area (Å²) in [6, 6.07) is 1.21. The average Bonchev–Trinajstić information content (AvgIpc) is 2.43. The van der Waals surface area contributed by atoms with Gasteiger partial charge in [-0.1, -0.05) is 40.0 Å². The first-order valence-corrected chi connectivity index (χ1v) is 6.90. The summed E-state index contributed by atoms with van der Waals surface area (Å²) in [7, 11) is 1.80. The van der Waals surface area contributed by atoms with Gasteiger partial charge in [0.2, 0.25) is 0 Å². The lowest BCUT2D eigenvalue weighted by Gasteiger charge is -2.30. The maximum atomic E-state index is 5.31. The van der Waals surface area contributed by atoms with Gasteiger partial charge in [-0.15, -0.1) is 0 Å². The van der Waals surface area contributed by atoms with E-state index in [9.17, 15) is 0 Å². The van der Waals surface area contributed by atoms with Gasteiger partial charge in [0.05, 0.1) is 6.61 Å². The monoisotopic (exact) mass is 227 g/mol. The van der Waals surface area contributed by atoms with Gasteiger partial charge < -0.3 is 10.1 Å². The Kier molecular flexibility index (Phi) is 6.37. The standard InChI is InChI=1S/C14H29NO/c1-11(2)14(10-16-4)15-13-9-7-5-6-8-12(13)3/h11-15H,5-10H2,1-4H3. The van der Waals surface area contributed by atoms with Crippen molar-refractivity contribution >= 4 is 0 Å². The fourth-order valence-electron chi connectivity index (χ4n) is 2.63. The number of ether oxygens (including phenoxy) is 1. The van der Waals surface area contributed by atoms with Crippen LogP contribution in [0.3, 0.4) is 0 Å². The highest BCUT2D eigenvalue weighted by Gasteiger charge is 2.23. The third-order valence-corrected chi connectivity index (χ3v) is 3.94. The molecule has 0 spiro atoms. The van der Waals surface area contributed by atoms with Crippen LogP contribution in [0.25, 0.3) is 0 Å². The zero-order valence-corrected chi connectivity index (χ0v) is 11.5.